The number of nitrogens with one attached hydrogen (secondary N) is 1. The van der Waals surface area contributed by atoms with Gasteiger partial charge in [-0.15, -0.1) is 0 Å². The van der Waals surface area contributed by atoms with Gasteiger partial charge in [-0.3, -0.25) is 13.9 Å². The van der Waals surface area contributed by atoms with Crippen LogP contribution in [0.1, 0.15) is 31.1 Å². The summed E-state index contributed by atoms with van der Waals surface area (Å²) in [5.74, 6) is -0.500. The maximum Gasteiger partial charge on any atom is 0.327 e. The summed E-state index contributed by atoms with van der Waals surface area (Å²) in [5, 5.41) is 3.01. The molecule has 1 aromatic carbocycles. The van der Waals surface area contributed by atoms with Gasteiger partial charge >= 0.3 is 5.97 Å². The van der Waals surface area contributed by atoms with Crippen LogP contribution in [0.2, 0.25) is 10.3 Å². The van der Waals surface area contributed by atoms with Crippen LogP contribution in [0.5, 0.6) is 0 Å². The standard InChI is InChI=1S/C26H25Cl2N5O5S/c1-26(2,3)38-24(34)15-33(39(36,37)19-13-21(27)31-22(28)14-19)18-5-6-20-16(11-18)8-10-32(20)23-12-17(7-9-30-23)25(35)29-4/h5-14H,15H2,1-4H3,(H,29,35). The highest BCUT2D eigenvalue weighted by atomic mass is 35.5. The van der Waals surface area contributed by atoms with Crippen LogP contribution < -0.4 is 9.62 Å². The predicted molar refractivity (Wildman–Crippen MR) is 149 cm³/mol. The van der Waals surface area contributed by atoms with Gasteiger partial charge in [0.1, 0.15) is 28.3 Å². The van der Waals surface area contributed by atoms with E-state index in [2.05, 4.69) is 15.3 Å². The molecule has 1 amide bonds. The van der Waals surface area contributed by atoms with Gasteiger partial charge < -0.3 is 14.6 Å². The van der Waals surface area contributed by atoms with Crippen molar-refractivity contribution in [1.29, 1.82) is 0 Å². The number of carbonyl (C=O) groups excluding carboxylic acids is 2. The number of hydrogen-bond donors (Lipinski definition) is 1. The number of benzene rings is 1. The minimum Gasteiger partial charge on any atom is -0.459 e. The van der Waals surface area contributed by atoms with Gasteiger partial charge in [0.25, 0.3) is 15.9 Å². The van der Waals surface area contributed by atoms with Gasteiger partial charge in [-0.1, -0.05) is 23.2 Å². The molecular formula is C26H25Cl2N5O5S. The Balaban J connectivity index is 1.80. The predicted octanol–water partition coefficient (Wildman–Crippen LogP) is 4.62. The highest BCUT2D eigenvalue weighted by molar-refractivity contribution is 7.92. The molecule has 0 aliphatic rings. The first-order chi connectivity index (χ1) is 18.3. The number of rotatable bonds is 7. The maximum absolute atomic E-state index is 13.8. The van der Waals surface area contributed by atoms with Crippen LogP contribution in [0.25, 0.3) is 16.7 Å². The van der Waals surface area contributed by atoms with E-state index in [0.29, 0.717) is 22.3 Å². The summed E-state index contributed by atoms with van der Waals surface area (Å²) in [6.07, 6.45) is 3.28. The van der Waals surface area contributed by atoms with E-state index in [1.807, 2.05) is 0 Å². The average molecular weight is 590 g/mol. The molecule has 4 aromatic rings. The summed E-state index contributed by atoms with van der Waals surface area (Å²) in [4.78, 5) is 32.8. The summed E-state index contributed by atoms with van der Waals surface area (Å²) in [5.41, 5.74) is 0.519. The number of fused-ring (bicyclic) bond motifs is 1. The topological polar surface area (TPSA) is 123 Å². The largest absolute Gasteiger partial charge is 0.459 e. The molecule has 13 heteroatoms. The van der Waals surface area contributed by atoms with Crippen LogP contribution in [-0.4, -0.2) is 54.0 Å². The minimum atomic E-state index is -4.32. The van der Waals surface area contributed by atoms with Crippen molar-refractivity contribution in [3.63, 3.8) is 0 Å². The van der Waals surface area contributed by atoms with E-state index < -0.39 is 28.1 Å². The van der Waals surface area contributed by atoms with Gasteiger partial charge in [-0.05, 0) is 69.3 Å². The monoisotopic (exact) mass is 589 g/mol. The Morgan fingerprint density at radius 1 is 1.05 bits per heavy atom. The number of aromatic nitrogens is 3. The number of nitrogens with zero attached hydrogens (tertiary/aromatic N) is 4. The Bertz CT molecular complexity index is 1660. The van der Waals surface area contributed by atoms with Crippen LogP contribution >= 0.6 is 23.2 Å². The number of esters is 1. The number of carbonyl (C=O) groups is 2. The molecule has 39 heavy (non-hydrogen) atoms. The zero-order chi connectivity index (χ0) is 28.5. The van der Waals surface area contributed by atoms with E-state index in [9.17, 15) is 18.0 Å². The van der Waals surface area contributed by atoms with Crippen LogP contribution in [0.15, 0.2) is 65.8 Å². The molecule has 3 aromatic heterocycles. The lowest BCUT2D eigenvalue weighted by Gasteiger charge is -2.26. The second kappa shape index (κ2) is 10.8. The molecule has 0 aliphatic carbocycles. The molecule has 0 radical (unpaired) electrons. The van der Waals surface area contributed by atoms with Crippen LogP contribution in [0, 0.1) is 0 Å². The minimum absolute atomic E-state index is 0.114. The first kappa shape index (κ1) is 28.3. The molecular weight excluding hydrogens is 565 g/mol. The van der Waals surface area contributed by atoms with Gasteiger partial charge in [-0.25, -0.2) is 18.4 Å². The molecule has 0 bridgehead atoms. The number of sulfonamides is 1. The van der Waals surface area contributed by atoms with Crippen LogP contribution in [-0.2, 0) is 19.6 Å². The molecule has 0 saturated carbocycles. The summed E-state index contributed by atoms with van der Waals surface area (Å²) < 4.78 is 35.6. The van der Waals surface area contributed by atoms with Crippen molar-refractivity contribution >= 4 is 61.7 Å². The van der Waals surface area contributed by atoms with Gasteiger partial charge in [0.2, 0.25) is 0 Å². The fourth-order valence-corrected chi connectivity index (χ4v) is 5.88. The van der Waals surface area contributed by atoms with E-state index in [4.69, 9.17) is 27.9 Å². The van der Waals surface area contributed by atoms with Crippen molar-refractivity contribution in [2.45, 2.75) is 31.3 Å². The third kappa shape index (κ3) is 6.32. The zero-order valence-corrected chi connectivity index (χ0v) is 23.8. The summed E-state index contributed by atoms with van der Waals surface area (Å²) in [6, 6.07) is 12.2. The fourth-order valence-electron chi connectivity index (χ4n) is 3.85. The molecule has 204 valence electrons. The van der Waals surface area contributed by atoms with Crippen LogP contribution in [0.4, 0.5) is 5.69 Å². The van der Waals surface area contributed by atoms with Crippen molar-refractivity contribution in [3.05, 3.63) is 76.8 Å². The second-order valence-electron chi connectivity index (χ2n) is 9.46. The van der Waals surface area contributed by atoms with E-state index in [-0.39, 0.29) is 26.8 Å². The van der Waals surface area contributed by atoms with Crippen molar-refractivity contribution in [2.75, 3.05) is 17.9 Å². The molecule has 0 aliphatic heterocycles. The number of amides is 1. The normalized spacial score (nSPS) is 11.8. The third-order valence-corrected chi connectivity index (χ3v) is 7.60. The molecule has 0 spiro atoms. The molecule has 4 rings (SSSR count). The lowest BCUT2D eigenvalue weighted by Crippen LogP contribution is -2.39. The number of hydrogen-bond acceptors (Lipinski definition) is 7. The number of halogens is 2. The van der Waals surface area contributed by atoms with E-state index in [0.717, 1.165) is 16.4 Å². The quantitative estimate of drug-likeness (QED) is 0.246. The molecule has 0 atom stereocenters. The Labute approximate surface area is 235 Å². The van der Waals surface area contributed by atoms with Gasteiger partial charge in [0.05, 0.1) is 16.1 Å². The van der Waals surface area contributed by atoms with Crippen LogP contribution in [0.3, 0.4) is 0 Å². The van der Waals surface area contributed by atoms with Crippen molar-refractivity contribution < 1.29 is 22.7 Å². The Morgan fingerprint density at radius 3 is 2.38 bits per heavy atom. The lowest BCUT2D eigenvalue weighted by molar-refractivity contribution is -0.152. The molecule has 0 fully saturated rings. The summed E-state index contributed by atoms with van der Waals surface area (Å²) in [6.45, 7) is 4.47. The molecule has 3 heterocycles. The van der Waals surface area contributed by atoms with Crippen molar-refractivity contribution in [3.8, 4) is 5.82 Å². The second-order valence-corrected chi connectivity index (χ2v) is 12.1. The van der Waals surface area contributed by atoms with E-state index in [1.54, 1.807) is 75.0 Å². The maximum atomic E-state index is 13.8. The average Bonchev–Trinajstić information content (AvgIpc) is 3.28. The molecule has 0 unspecified atom stereocenters. The van der Waals surface area contributed by atoms with Gasteiger partial charge in [0.15, 0.2) is 0 Å². The Hall–Kier alpha value is -3.67. The SMILES string of the molecule is CNC(=O)c1ccnc(-n2ccc3cc(N(CC(=O)OC(C)(C)C)S(=O)(=O)c4cc(Cl)nc(Cl)c4)ccc32)c1. The zero-order valence-electron chi connectivity index (χ0n) is 21.5. The van der Waals surface area contributed by atoms with Crippen molar-refractivity contribution in [2.24, 2.45) is 0 Å². The smallest absolute Gasteiger partial charge is 0.327 e. The number of anilines is 1. The highest BCUT2D eigenvalue weighted by Gasteiger charge is 2.30. The molecule has 0 saturated heterocycles. The lowest BCUT2D eigenvalue weighted by atomic mass is 10.2. The number of ether oxygens (including phenoxy) is 1. The number of pyridine rings is 2. The summed E-state index contributed by atoms with van der Waals surface area (Å²) in [7, 11) is -2.78. The summed E-state index contributed by atoms with van der Waals surface area (Å²) >= 11 is 11.9. The van der Waals surface area contributed by atoms with Gasteiger partial charge in [-0.2, -0.15) is 0 Å². The first-order valence-corrected chi connectivity index (χ1v) is 13.9. The van der Waals surface area contributed by atoms with Crippen molar-refractivity contribution in [1.82, 2.24) is 19.9 Å². The Morgan fingerprint density at radius 2 is 1.74 bits per heavy atom. The fraction of sp³-hybridized carbons (Fsp3) is 0.231. The molecule has 10 nitrogen and oxygen atoms in total. The van der Waals surface area contributed by atoms with Gasteiger partial charge in [0, 0.05) is 30.4 Å². The third-order valence-electron chi connectivity index (χ3n) is 5.46. The Kier molecular flexibility index (Phi) is 7.87. The highest BCUT2D eigenvalue weighted by Crippen LogP contribution is 2.31. The first-order valence-electron chi connectivity index (χ1n) is 11.7. The van der Waals surface area contributed by atoms with E-state index >= 15 is 0 Å². The molecule has 1 N–H and O–H groups in total. The van der Waals surface area contributed by atoms with E-state index in [1.165, 1.54) is 6.20 Å².